The molecule has 0 saturated carbocycles. The summed E-state index contributed by atoms with van der Waals surface area (Å²) in [5, 5.41) is 14.8. The van der Waals surface area contributed by atoms with E-state index in [2.05, 4.69) is 37.2 Å². The summed E-state index contributed by atoms with van der Waals surface area (Å²) in [7, 11) is 0. The number of aliphatic hydroxyl groups is 1. The van der Waals surface area contributed by atoms with Crippen LogP contribution in [-0.2, 0) is 0 Å². The predicted octanol–water partition coefficient (Wildman–Crippen LogP) is 4.42. The van der Waals surface area contributed by atoms with E-state index < -0.39 is 0 Å². The van der Waals surface area contributed by atoms with Gasteiger partial charge in [0, 0.05) is 10.2 Å². The molecule has 0 aliphatic heterocycles. The molecule has 2 nitrogen and oxygen atoms in total. The minimum Gasteiger partial charge on any atom is -0.394 e. The average Bonchev–Trinajstić information content (AvgIpc) is 2.73. The van der Waals surface area contributed by atoms with Crippen molar-refractivity contribution >= 4 is 48.9 Å². The van der Waals surface area contributed by atoms with Crippen molar-refractivity contribution in [1.82, 2.24) is 0 Å². The van der Waals surface area contributed by atoms with Crippen molar-refractivity contribution in [3.8, 4) is 0 Å². The Labute approximate surface area is 121 Å². The number of halogens is 2. The van der Waals surface area contributed by atoms with Gasteiger partial charge in [0.25, 0.3) is 0 Å². The van der Waals surface area contributed by atoms with Crippen LogP contribution in [0.5, 0.6) is 0 Å². The van der Waals surface area contributed by atoms with E-state index in [4.69, 9.17) is 0 Å². The second-order valence-corrected chi connectivity index (χ2v) is 6.78. The zero-order valence-electron chi connectivity index (χ0n) is 8.86. The van der Waals surface area contributed by atoms with Gasteiger partial charge in [-0.2, -0.15) is 0 Å². The van der Waals surface area contributed by atoms with Crippen LogP contribution in [0.3, 0.4) is 0 Å². The van der Waals surface area contributed by atoms with E-state index in [1.54, 1.807) is 11.3 Å². The first kappa shape index (κ1) is 13.1. The number of rotatable bonds is 4. The number of benzene rings is 1. The molecule has 0 saturated heterocycles. The molecule has 1 atom stereocenters. The number of aliphatic hydroxyl groups excluding tert-OH is 1. The lowest BCUT2D eigenvalue weighted by Crippen LogP contribution is -2.13. The Morgan fingerprint density at radius 3 is 2.71 bits per heavy atom. The molecule has 0 aliphatic carbocycles. The second-order valence-electron chi connectivity index (χ2n) is 3.57. The summed E-state index contributed by atoms with van der Waals surface area (Å²) in [6, 6.07) is 9.85. The molecular weight excluding hydrogens is 366 g/mol. The molecule has 1 aromatic heterocycles. The molecule has 1 aromatic carbocycles. The highest BCUT2D eigenvalue weighted by molar-refractivity contribution is 9.11. The lowest BCUT2D eigenvalue weighted by atomic mass is 10.1. The maximum atomic E-state index is 9.43. The minimum absolute atomic E-state index is 0.0652. The van der Waals surface area contributed by atoms with Gasteiger partial charge in [-0.05, 0) is 51.1 Å². The normalized spacial score (nSPS) is 12.4. The van der Waals surface area contributed by atoms with Crippen molar-refractivity contribution in [1.29, 1.82) is 0 Å². The molecule has 0 amide bonds. The smallest absolute Gasteiger partial charge is 0.0753 e. The summed E-state index contributed by atoms with van der Waals surface area (Å²) in [6.45, 7) is 0.0652. The lowest BCUT2D eigenvalue weighted by Gasteiger charge is -2.16. The van der Waals surface area contributed by atoms with Crippen molar-refractivity contribution in [3.63, 3.8) is 0 Å². The van der Waals surface area contributed by atoms with Gasteiger partial charge in [0.2, 0.25) is 0 Å². The van der Waals surface area contributed by atoms with Crippen LogP contribution in [0.15, 0.2) is 44.0 Å². The van der Waals surface area contributed by atoms with Crippen molar-refractivity contribution in [2.45, 2.75) is 6.04 Å². The zero-order valence-corrected chi connectivity index (χ0v) is 12.8. The lowest BCUT2D eigenvalue weighted by molar-refractivity contribution is 0.276. The third-order valence-electron chi connectivity index (χ3n) is 2.34. The first-order chi connectivity index (χ1) is 8.19. The highest BCUT2D eigenvalue weighted by Gasteiger charge is 2.11. The molecule has 2 aromatic rings. The van der Waals surface area contributed by atoms with Crippen LogP contribution in [0.4, 0.5) is 5.69 Å². The summed E-state index contributed by atoms with van der Waals surface area (Å²) in [6.07, 6.45) is 0. The third-order valence-corrected chi connectivity index (χ3v) is 4.35. The minimum atomic E-state index is -0.0770. The number of thiophene rings is 1. The van der Waals surface area contributed by atoms with Crippen LogP contribution in [0.2, 0.25) is 0 Å². The van der Waals surface area contributed by atoms with E-state index in [9.17, 15) is 5.11 Å². The Morgan fingerprint density at radius 2 is 2.12 bits per heavy atom. The van der Waals surface area contributed by atoms with E-state index in [-0.39, 0.29) is 12.6 Å². The van der Waals surface area contributed by atoms with Crippen LogP contribution in [-0.4, -0.2) is 11.7 Å². The molecule has 2 rings (SSSR count). The van der Waals surface area contributed by atoms with E-state index in [1.807, 2.05) is 35.7 Å². The van der Waals surface area contributed by atoms with Crippen LogP contribution in [0.25, 0.3) is 0 Å². The maximum absolute atomic E-state index is 9.43. The van der Waals surface area contributed by atoms with Crippen LogP contribution in [0.1, 0.15) is 11.6 Å². The molecule has 1 unspecified atom stereocenters. The van der Waals surface area contributed by atoms with Gasteiger partial charge in [-0.25, -0.2) is 0 Å². The molecule has 0 aliphatic rings. The average molecular weight is 377 g/mol. The quantitative estimate of drug-likeness (QED) is 0.827. The SMILES string of the molecule is OCC(Nc1cccc(Br)c1)c1csc(Br)c1. The first-order valence-corrected chi connectivity index (χ1v) is 7.52. The third kappa shape index (κ3) is 3.55. The monoisotopic (exact) mass is 375 g/mol. The molecule has 17 heavy (non-hydrogen) atoms. The maximum Gasteiger partial charge on any atom is 0.0753 e. The summed E-state index contributed by atoms with van der Waals surface area (Å²) < 4.78 is 2.09. The fourth-order valence-corrected chi connectivity index (χ4v) is 3.15. The zero-order chi connectivity index (χ0) is 12.3. The Kier molecular flexibility index (Phi) is 4.62. The molecule has 0 spiro atoms. The molecule has 0 radical (unpaired) electrons. The van der Waals surface area contributed by atoms with Gasteiger partial charge in [-0.1, -0.05) is 22.0 Å². The van der Waals surface area contributed by atoms with E-state index in [0.29, 0.717) is 0 Å². The predicted molar refractivity (Wildman–Crippen MR) is 79.6 cm³/mol. The van der Waals surface area contributed by atoms with Gasteiger partial charge in [0.1, 0.15) is 0 Å². The Balaban J connectivity index is 2.15. The van der Waals surface area contributed by atoms with Crippen molar-refractivity contribution in [3.05, 3.63) is 49.5 Å². The molecule has 0 fully saturated rings. The number of anilines is 1. The van der Waals surface area contributed by atoms with Crippen molar-refractivity contribution in [2.75, 3.05) is 11.9 Å². The van der Waals surface area contributed by atoms with E-state index in [1.165, 1.54) is 0 Å². The van der Waals surface area contributed by atoms with Gasteiger partial charge >= 0.3 is 0 Å². The van der Waals surface area contributed by atoms with Gasteiger partial charge < -0.3 is 10.4 Å². The first-order valence-electron chi connectivity index (χ1n) is 5.06. The standard InChI is InChI=1S/C12H11Br2NOS/c13-9-2-1-3-10(5-9)15-11(6-16)8-4-12(14)17-7-8/h1-5,7,11,15-16H,6H2. The number of nitrogens with one attached hydrogen (secondary N) is 1. The summed E-state index contributed by atoms with van der Waals surface area (Å²) in [5.41, 5.74) is 2.07. The Morgan fingerprint density at radius 1 is 1.29 bits per heavy atom. The topological polar surface area (TPSA) is 32.3 Å². The van der Waals surface area contributed by atoms with Gasteiger partial charge in [0.15, 0.2) is 0 Å². The molecule has 90 valence electrons. The number of hydrogen-bond acceptors (Lipinski definition) is 3. The highest BCUT2D eigenvalue weighted by atomic mass is 79.9. The summed E-state index contributed by atoms with van der Waals surface area (Å²) in [4.78, 5) is 0. The van der Waals surface area contributed by atoms with Crippen LogP contribution in [0, 0.1) is 0 Å². The van der Waals surface area contributed by atoms with E-state index in [0.717, 1.165) is 19.5 Å². The van der Waals surface area contributed by atoms with Crippen molar-refractivity contribution in [2.24, 2.45) is 0 Å². The van der Waals surface area contributed by atoms with Gasteiger partial charge in [0.05, 0.1) is 16.4 Å². The Bertz CT molecular complexity index is 501. The van der Waals surface area contributed by atoms with Gasteiger partial charge in [-0.15, -0.1) is 11.3 Å². The molecule has 2 N–H and O–H groups in total. The van der Waals surface area contributed by atoms with Gasteiger partial charge in [-0.3, -0.25) is 0 Å². The molecule has 5 heteroatoms. The van der Waals surface area contributed by atoms with Crippen molar-refractivity contribution < 1.29 is 5.11 Å². The highest BCUT2D eigenvalue weighted by Crippen LogP contribution is 2.28. The number of hydrogen-bond donors (Lipinski definition) is 2. The fraction of sp³-hybridized carbons (Fsp3) is 0.167. The molecule has 0 bridgehead atoms. The molecule has 1 heterocycles. The largest absolute Gasteiger partial charge is 0.394 e. The van der Waals surface area contributed by atoms with Crippen LogP contribution < -0.4 is 5.32 Å². The fourth-order valence-electron chi connectivity index (χ4n) is 1.52. The van der Waals surface area contributed by atoms with Crippen LogP contribution >= 0.6 is 43.2 Å². The summed E-state index contributed by atoms with van der Waals surface area (Å²) in [5.74, 6) is 0. The Hall–Kier alpha value is -0.360. The summed E-state index contributed by atoms with van der Waals surface area (Å²) >= 11 is 8.47. The molecular formula is C12H11Br2NOS. The van der Waals surface area contributed by atoms with E-state index >= 15 is 0 Å². The second kappa shape index (κ2) is 6.00.